The van der Waals surface area contributed by atoms with E-state index >= 15 is 0 Å². The van der Waals surface area contributed by atoms with E-state index in [0.29, 0.717) is 6.04 Å². The molecule has 2 heteroatoms. The van der Waals surface area contributed by atoms with Crippen LogP contribution in [0.3, 0.4) is 0 Å². The average molecular weight is 276 g/mol. The molecule has 1 aromatic heterocycles. The highest BCUT2D eigenvalue weighted by atomic mass is 14.9. The lowest BCUT2D eigenvalue weighted by Gasteiger charge is -2.21. The van der Waals surface area contributed by atoms with Crippen molar-refractivity contribution in [3.63, 3.8) is 0 Å². The van der Waals surface area contributed by atoms with Crippen LogP contribution in [0.25, 0.3) is 0 Å². The molecule has 0 bridgehead atoms. The minimum Gasteiger partial charge on any atom is -0.310 e. The fourth-order valence-corrected chi connectivity index (χ4v) is 2.71. The molecule has 1 heterocycles. The molecule has 0 saturated heterocycles. The molecule has 2 nitrogen and oxygen atoms in total. The first-order valence-corrected chi connectivity index (χ1v) is 8.49. The number of nitrogens with zero attached hydrogens (tertiary/aromatic N) is 1. The highest BCUT2D eigenvalue weighted by molar-refractivity contribution is 5.26. The van der Waals surface area contributed by atoms with Gasteiger partial charge in [-0.25, -0.2) is 0 Å². The minimum atomic E-state index is 0.509. The van der Waals surface area contributed by atoms with Crippen LogP contribution >= 0.6 is 0 Å². The summed E-state index contributed by atoms with van der Waals surface area (Å²) in [5.41, 5.74) is 2.86. The van der Waals surface area contributed by atoms with Gasteiger partial charge in [-0.3, -0.25) is 4.98 Å². The molecule has 0 aliphatic carbocycles. The van der Waals surface area contributed by atoms with Crippen LogP contribution in [-0.4, -0.2) is 11.5 Å². The molecule has 0 fully saturated rings. The Balaban J connectivity index is 2.58. The Hall–Kier alpha value is -0.890. The van der Waals surface area contributed by atoms with Gasteiger partial charge in [0.25, 0.3) is 0 Å². The molecule has 1 unspecified atom stereocenters. The summed E-state index contributed by atoms with van der Waals surface area (Å²) in [5.74, 6) is 0. The van der Waals surface area contributed by atoms with E-state index in [-0.39, 0.29) is 0 Å². The number of hydrogen-bond donors (Lipinski definition) is 1. The second-order valence-electron chi connectivity index (χ2n) is 5.64. The maximum absolute atomic E-state index is 4.27. The van der Waals surface area contributed by atoms with Gasteiger partial charge < -0.3 is 5.32 Å². The third kappa shape index (κ3) is 6.04. The third-order valence-corrected chi connectivity index (χ3v) is 3.93. The van der Waals surface area contributed by atoms with Crippen LogP contribution in [0.5, 0.6) is 0 Å². The molecule has 1 aromatic rings. The van der Waals surface area contributed by atoms with Crippen molar-refractivity contribution in [1.29, 1.82) is 0 Å². The first-order chi connectivity index (χ1) is 9.83. The highest BCUT2D eigenvalue weighted by Gasteiger charge is 2.13. The van der Waals surface area contributed by atoms with Crippen LogP contribution in [-0.2, 0) is 6.42 Å². The van der Waals surface area contributed by atoms with Crippen molar-refractivity contribution in [3.8, 4) is 0 Å². The van der Waals surface area contributed by atoms with Crippen molar-refractivity contribution in [2.75, 3.05) is 6.54 Å². The van der Waals surface area contributed by atoms with Gasteiger partial charge >= 0.3 is 0 Å². The molecule has 1 rings (SSSR count). The topological polar surface area (TPSA) is 24.9 Å². The number of pyridine rings is 1. The largest absolute Gasteiger partial charge is 0.310 e. The molecule has 0 spiro atoms. The lowest BCUT2D eigenvalue weighted by Crippen LogP contribution is -2.23. The first kappa shape index (κ1) is 17.2. The van der Waals surface area contributed by atoms with Crippen LogP contribution in [0.2, 0.25) is 0 Å². The predicted molar refractivity (Wildman–Crippen MR) is 88.0 cm³/mol. The summed E-state index contributed by atoms with van der Waals surface area (Å²) in [6, 6.07) is 2.72. The number of aromatic nitrogens is 1. The van der Waals surface area contributed by atoms with Crippen molar-refractivity contribution in [2.24, 2.45) is 0 Å². The molecular weight excluding hydrogens is 244 g/mol. The molecule has 0 radical (unpaired) electrons. The Kier molecular flexibility index (Phi) is 9.31. The van der Waals surface area contributed by atoms with E-state index < -0.39 is 0 Å². The van der Waals surface area contributed by atoms with E-state index in [0.717, 1.165) is 13.0 Å². The fraction of sp³-hybridized carbons (Fsp3) is 0.722. The molecule has 114 valence electrons. The van der Waals surface area contributed by atoms with Gasteiger partial charge in [0.15, 0.2) is 0 Å². The van der Waals surface area contributed by atoms with Crippen molar-refractivity contribution in [1.82, 2.24) is 10.3 Å². The van der Waals surface area contributed by atoms with Gasteiger partial charge in [0, 0.05) is 18.4 Å². The molecule has 0 aromatic carbocycles. The minimum absolute atomic E-state index is 0.509. The van der Waals surface area contributed by atoms with Gasteiger partial charge in [0.05, 0.1) is 0 Å². The Labute approximate surface area is 125 Å². The van der Waals surface area contributed by atoms with E-state index in [1.165, 1.54) is 56.1 Å². The zero-order valence-corrected chi connectivity index (χ0v) is 13.6. The summed E-state index contributed by atoms with van der Waals surface area (Å²) in [4.78, 5) is 4.27. The molecule has 0 aliphatic heterocycles. The number of aryl methyl sites for hydroxylation is 1. The highest BCUT2D eigenvalue weighted by Crippen LogP contribution is 2.23. The SMILES string of the molecule is CCCCCCCC(NCCC)c1ccncc1CC. The first-order valence-electron chi connectivity index (χ1n) is 8.49. The Morgan fingerprint density at radius 3 is 2.55 bits per heavy atom. The van der Waals surface area contributed by atoms with Crippen molar-refractivity contribution < 1.29 is 0 Å². The normalized spacial score (nSPS) is 12.6. The van der Waals surface area contributed by atoms with Crippen LogP contribution in [0.15, 0.2) is 18.5 Å². The van der Waals surface area contributed by atoms with Crippen molar-refractivity contribution in [3.05, 3.63) is 29.6 Å². The summed E-state index contributed by atoms with van der Waals surface area (Å²) < 4.78 is 0. The second kappa shape index (κ2) is 10.8. The number of unbranched alkanes of at least 4 members (excludes halogenated alkanes) is 4. The Morgan fingerprint density at radius 2 is 1.85 bits per heavy atom. The van der Waals surface area contributed by atoms with Gasteiger partial charge in [-0.2, -0.15) is 0 Å². The van der Waals surface area contributed by atoms with E-state index in [9.17, 15) is 0 Å². The van der Waals surface area contributed by atoms with E-state index in [1.807, 2.05) is 12.4 Å². The number of hydrogen-bond acceptors (Lipinski definition) is 2. The van der Waals surface area contributed by atoms with Crippen LogP contribution in [0.1, 0.15) is 82.9 Å². The van der Waals surface area contributed by atoms with Crippen molar-refractivity contribution in [2.45, 2.75) is 78.2 Å². The quantitative estimate of drug-likeness (QED) is 0.572. The molecular formula is C18H32N2. The van der Waals surface area contributed by atoms with E-state index in [4.69, 9.17) is 0 Å². The van der Waals surface area contributed by atoms with Gasteiger partial charge in [-0.1, -0.05) is 52.9 Å². The fourth-order valence-electron chi connectivity index (χ4n) is 2.71. The maximum Gasteiger partial charge on any atom is 0.0324 e. The summed E-state index contributed by atoms with van der Waals surface area (Å²) >= 11 is 0. The van der Waals surface area contributed by atoms with Crippen LogP contribution in [0.4, 0.5) is 0 Å². The van der Waals surface area contributed by atoms with Gasteiger partial charge in [0.1, 0.15) is 0 Å². The maximum atomic E-state index is 4.27. The van der Waals surface area contributed by atoms with Crippen LogP contribution in [0, 0.1) is 0 Å². The third-order valence-electron chi connectivity index (χ3n) is 3.93. The van der Waals surface area contributed by atoms with E-state index in [1.54, 1.807) is 0 Å². The lowest BCUT2D eigenvalue weighted by molar-refractivity contribution is 0.465. The molecule has 0 aliphatic rings. The van der Waals surface area contributed by atoms with Gasteiger partial charge in [-0.15, -0.1) is 0 Å². The lowest BCUT2D eigenvalue weighted by atomic mass is 9.95. The zero-order chi connectivity index (χ0) is 14.6. The number of nitrogens with one attached hydrogen (secondary N) is 1. The number of rotatable bonds is 11. The summed E-state index contributed by atoms with van der Waals surface area (Å²) in [5, 5.41) is 3.72. The molecule has 20 heavy (non-hydrogen) atoms. The predicted octanol–water partition coefficient (Wildman–Crippen LogP) is 5.05. The molecule has 1 atom stereocenters. The van der Waals surface area contributed by atoms with E-state index in [2.05, 4.69) is 37.1 Å². The Morgan fingerprint density at radius 1 is 1.05 bits per heavy atom. The van der Waals surface area contributed by atoms with Crippen molar-refractivity contribution >= 4 is 0 Å². The standard InChI is InChI=1S/C18H32N2/c1-4-7-8-9-10-11-18(20-13-5-2)17-12-14-19-15-16(17)6-3/h12,14-15,18,20H,4-11,13H2,1-3H3. The van der Waals surface area contributed by atoms with Crippen LogP contribution < -0.4 is 5.32 Å². The molecule has 1 N–H and O–H groups in total. The monoisotopic (exact) mass is 276 g/mol. The summed E-state index contributed by atoms with van der Waals surface area (Å²) in [7, 11) is 0. The molecule has 0 amide bonds. The average Bonchev–Trinajstić information content (AvgIpc) is 2.50. The summed E-state index contributed by atoms with van der Waals surface area (Å²) in [6.07, 6.45) is 14.3. The second-order valence-corrected chi connectivity index (χ2v) is 5.64. The Bertz CT molecular complexity index is 349. The van der Waals surface area contributed by atoms with Gasteiger partial charge in [0.2, 0.25) is 0 Å². The smallest absolute Gasteiger partial charge is 0.0324 e. The molecule has 0 saturated carbocycles. The summed E-state index contributed by atoms with van der Waals surface area (Å²) in [6.45, 7) is 7.83. The van der Waals surface area contributed by atoms with Gasteiger partial charge in [-0.05, 0) is 43.0 Å². The zero-order valence-electron chi connectivity index (χ0n) is 13.6.